The highest BCUT2D eigenvalue weighted by Gasteiger charge is 2.77. The van der Waals surface area contributed by atoms with Gasteiger partial charge in [-0.15, -0.1) is 0 Å². The molecule has 2 aliphatic rings. The van der Waals surface area contributed by atoms with Crippen molar-refractivity contribution in [3.05, 3.63) is 0 Å². The summed E-state index contributed by atoms with van der Waals surface area (Å²) in [6, 6.07) is 0. The molecule has 0 spiro atoms. The fourth-order valence-corrected chi connectivity index (χ4v) is 3.60. The molecular formula is C13H16F3NO3. The Kier molecular flexibility index (Phi) is 2.87. The van der Waals surface area contributed by atoms with Gasteiger partial charge in [-0.2, -0.15) is 13.2 Å². The highest BCUT2D eigenvalue weighted by molar-refractivity contribution is 6.48. The predicted octanol–water partition coefficient (Wildman–Crippen LogP) is 1.63. The molecule has 0 aromatic rings. The van der Waals surface area contributed by atoms with E-state index < -0.39 is 46.4 Å². The molecule has 7 heteroatoms. The molecule has 2 bridgehead atoms. The highest BCUT2D eigenvalue weighted by Crippen LogP contribution is 2.68. The molecule has 0 aromatic heterocycles. The lowest BCUT2D eigenvalue weighted by Crippen LogP contribution is -2.52. The minimum Gasteiger partial charge on any atom is -0.346 e. The number of fused-ring (bicyclic) bond motifs is 2. The second kappa shape index (κ2) is 3.83. The van der Waals surface area contributed by atoms with Gasteiger partial charge in [0.15, 0.2) is 0 Å². The van der Waals surface area contributed by atoms with Crippen molar-refractivity contribution in [1.82, 2.24) is 5.32 Å². The number of carbonyl (C=O) groups excluding carboxylic acids is 3. The fourth-order valence-electron chi connectivity index (χ4n) is 3.60. The summed E-state index contributed by atoms with van der Waals surface area (Å²) in [5, 5.41) is 1.77. The zero-order valence-corrected chi connectivity index (χ0v) is 11.5. The number of hydrogen-bond acceptors (Lipinski definition) is 3. The summed E-state index contributed by atoms with van der Waals surface area (Å²) in [6.45, 7) is 3.33. The maximum Gasteiger partial charge on any atom is 0.405 e. The van der Waals surface area contributed by atoms with Crippen molar-refractivity contribution in [3.8, 4) is 0 Å². The minimum absolute atomic E-state index is 0.116. The third-order valence-electron chi connectivity index (χ3n) is 5.38. The summed E-state index contributed by atoms with van der Waals surface area (Å²) in [5.41, 5.74) is -3.62. The Labute approximate surface area is 114 Å². The maximum atomic E-state index is 12.2. The topological polar surface area (TPSA) is 63.2 Å². The van der Waals surface area contributed by atoms with Gasteiger partial charge >= 0.3 is 6.18 Å². The van der Waals surface area contributed by atoms with Gasteiger partial charge in [0.1, 0.15) is 12.0 Å². The second-order valence-corrected chi connectivity index (χ2v) is 6.32. The number of ketones is 2. The third kappa shape index (κ3) is 1.52. The van der Waals surface area contributed by atoms with Crippen LogP contribution < -0.4 is 5.32 Å². The van der Waals surface area contributed by atoms with Crippen molar-refractivity contribution in [1.29, 1.82) is 0 Å². The van der Waals surface area contributed by atoms with E-state index in [4.69, 9.17) is 0 Å². The summed E-state index contributed by atoms with van der Waals surface area (Å²) in [4.78, 5) is 36.4. The van der Waals surface area contributed by atoms with Crippen molar-refractivity contribution in [3.63, 3.8) is 0 Å². The molecule has 0 saturated heterocycles. The van der Waals surface area contributed by atoms with E-state index in [1.165, 1.54) is 0 Å². The van der Waals surface area contributed by atoms with Gasteiger partial charge in [0.05, 0.1) is 0 Å². The molecule has 112 valence electrons. The number of carbonyl (C=O) groups is 3. The molecule has 2 fully saturated rings. The second-order valence-electron chi connectivity index (χ2n) is 6.32. The van der Waals surface area contributed by atoms with Crippen LogP contribution in [-0.4, -0.2) is 30.2 Å². The van der Waals surface area contributed by atoms with Crippen LogP contribution in [0.2, 0.25) is 0 Å². The standard InChI is InChI=1S/C13H16F3NO3/c1-10(2)11(3)4-5-12(10,8(19)7(11)18)9(20)17-6-13(14,15)16/h4-6H2,1-3H3,(H,17,20)/t11-,12-/m1/s1. The van der Waals surface area contributed by atoms with E-state index in [0.29, 0.717) is 6.42 Å². The van der Waals surface area contributed by atoms with Gasteiger partial charge in [-0.25, -0.2) is 0 Å². The third-order valence-corrected chi connectivity index (χ3v) is 5.38. The Morgan fingerprint density at radius 1 is 1.15 bits per heavy atom. The molecule has 4 nitrogen and oxygen atoms in total. The summed E-state index contributed by atoms with van der Waals surface area (Å²) in [5.74, 6) is -2.48. The van der Waals surface area contributed by atoms with Gasteiger partial charge in [-0.3, -0.25) is 14.4 Å². The number of alkyl halides is 3. The molecule has 2 rings (SSSR count). The van der Waals surface area contributed by atoms with Crippen LogP contribution in [0.3, 0.4) is 0 Å². The molecule has 2 atom stereocenters. The van der Waals surface area contributed by atoms with Gasteiger partial charge < -0.3 is 5.32 Å². The van der Waals surface area contributed by atoms with Gasteiger partial charge in [0, 0.05) is 5.41 Å². The van der Waals surface area contributed by atoms with Crippen molar-refractivity contribution < 1.29 is 27.6 Å². The zero-order chi connectivity index (χ0) is 15.6. The van der Waals surface area contributed by atoms with Crippen LogP contribution in [-0.2, 0) is 14.4 Å². The maximum absolute atomic E-state index is 12.2. The molecular weight excluding hydrogens is 275 g/mol. The first-order valence-electron chi connectivity index (χ1n) is 6.34. The molecule has 1 N–H and O–H groups in total. The number of halogens is 3. The van der Waals surface area contributed by atoms with E-state index in [0.717, 1.165) is 0 Å². The average molecular weight is 291 g/mol. The van der Waals surface area contributed by atoms with Crippen LogP contribution in [0.4, 0.5) is 13.2 Å². The largest absolute Gasteiger partial charge is 0.405 e. The normalized spacial score (nSPS) is 35.5. The molecule has 0 unspecified atom stereocenters. The van der Waals surface area contributed by atoms with E-state index in [1.54, 1.807) is 26.1 Å². The van der Waals surface area contributed by atoms with E-state index in [2.05, 4.69) is 0 Å². The molecule has 1 amide bonds. The van der Waals surface area contributed by atoms with Crippen molar-refractivity contribution >= 4 is 17.5 Å². The Morgan fingerprint density at radius 2 is 1.70 bits per heavy atom. The van der Waals surface area contributed by atoms with Crippen LogP contribution in [0.15, 0.2) is 0 Å². The van der Waals surface area contributed by atoms with Crippen LogP contribution in [0, 0.1) is 16.2 Å². The van der Waals surface area contributed by atoms with Crippen LogP contribution >= 0.6 is 0 Å². The molecule has 0 radical (unpaired) electrons. The first kappa shape index (κ1) is 15.0. The summed E-state index contributed by atoms with van der Waals surface area (Å²) in [6.07, 6.45) is -4.10. The Balaban J connectivity index is 2.37. The molecule has 0 aliphatic heterocycles. The lowest BCUT2D eigenvalue weighted by Gasteiger charge is -2.37. The Bertz CT molecular complexity index is 511. The SMILES string of the molecule is CC1(C)[C@]2(C(=O)NCC(F)(F)F)CC[C@]1(C)C(=O)C2=O. The van der Waals surface area contributed by atoms with Crippen molar-refractivity contribution in [2.24, 2.45) is 16.2 Å². The summed E-state index contributed by atoms with van der Waals surface area (Å²) >= 11 is 0. The van der Waals surface area contributed by atoms with Gasteiger partial charge in [-0.05, 0) is 18.3 Å². The number of Topliss-reactive ketones (excluding diaryl/α,β-unsaturated/α-hetero) is 2. The highest BCUT2D eigenvalue weighted by atomic mass is 19.4. The minimum atomic E-state index is -4.55. The molecule has 0 heterocycles. The van der Waals surface area contributed by atoms with E-state index in [9.17, 15) is 27.6 Å². The molecule has 2 aliphatic carbocycles. The van der Waals surface area contributed by atoms with E-state index >= 15 is 0 Å². The smallest absolute Gasteiger partial charge is 0.346 e. The van der Waals surface area contributed by atoms with Gasteiger partial charge in [0.25, 0.3) is 0 Å². The van der Waals surface area contributed by atoms with Crippen molar-refractivity contribution in [2.45, 2.75) is 39.8 Å². The van der Waals surface area contributed by atoms with Crippen LogP contribution in [0.1, 0.15) is 33.6 Å². The van der Waals surface area contributed by atoms with E-state index in [1.807, 2.05) is 0 Å². The lowest BCUT2D eigenvalue weighted by molar-refractivity contribution is -0.154. The lowest BCUT2D eigenvalue weighted by atomic mass is 9.64. The summed E-state index contributed by atoms with van der Waals surface area (Å²) < 4.78 is 36.7. The van der Waals surface area contributed by atoms with Crippen LogP contribution in [0.5, 0.6) is 0 Å². The van der Waals surface area contributed by atoms with E-state index in [-0.39, 0.29) is 6.42 Å². The summed E-state index contributed by atoms with van der Waals surface area (Å²) in [7, 11) is 0. The number of amides is 1. The Morgan fingerprint density at radius 3 is 2.10 bits per heavy atom. The van der Waals surface area contributed by atoms with Gasteiger partial charge in [0.2, 0.25) is 17.5 Å². The first-order valence-corrected chi connectivity index (χ1v) is 6.34. The monoisotopic (exact) mass is 291 g/mol. The number of nitrogens with one attached hydrogen (secondary N) is 1. The molecule has 20 heavy (non-hydrogen) atoms. The zero-order valence-electron chi connectivity index (χ0n) is 11.5. The van der Waals surface area contributed by atoms with Gasteiger partial charge in [-0.1, -0.05) is 20.8 Å². The number of hydrogen-bond donors (Lipinski definition) is 1. The van der Waals surface area contributed by atoms with Crippen LogP contribution in [0.25, 0.3) is 0 Å². The number of rotatable bonds is 2. The average Bonchev–Trinajstić information content (AvgIpc) is 2.58. The first-order chi connectivity index (χ1) is 8.90. The predicted molar refractivity (Wildman–Crippen MR) is 62.6 cm³/mol. The Hall–Kier alpha value is -1.40. The molecule has 0 aromatic carbocycles. The quantitative estimate of drug-likeness (QED) is 0.621. The fraction of sp³-hybridized carbons (Fsp3) is 0.769. The van der Waals surface area contributed by atoms with Crippen molar-refractivity contribution in [2.75, 3.05) is 6.54 Å². The molecule has 2 saturated carbocycles.